The molecule has 1 aromatic carbocycles. The molecule has 0 atom stereocenters. The van der Waals surface area contributed by atoms with Crippen LogP contribution in [0.2, 0.25) is 0 Å². The number of ether oxygens (including phenoxy) is 2. The van der Waals surface area contributed by atoms with Crippen molar-refractivity contribution in [3.63, 3.8) is 0 Å². The van der Waals surface area contributed by atoms with Gasteiger partial charge in [0.1, 0.15) is 0 Å². The number of hydrogen-bond acceptors (Lipinski definition) is 4. The summed E-state index contributed by atoms with van der Waals surface area (Å²) in [4.78, 5) is 19.1. The standard InChI is InChI=1S/C24H38N4O3.HI/c1-2-25-24(27-13-6-14-31-19-20-10-15-30-16-11-20)26-12-5-9-23(29)28-17-21-7-3-4-8-22(21)18-28;/h3-4,7-8,20H,2,5-6,9-19H2,1H3,(H2,25,26,27);1H. The first-order chi connectivity index (χ1) is 15.3. The maximum absolute atomic E-state index is 12.5. The maximum atomic E-state index is 12.5. The first kappa shape index (κ1) is 26.9. The summed E-state index contributed by atoms with van der Waals surface area (Å²) in [6, 6.07) is 8.29. The molecule has 2 heterocycles. The van der Waals surface area contributed by atoms with E-state index in [1.165, 1.54) is 11.1 Å². The lowest BCUT2D eigenvalue weighted by Gasteiger charge is -2.21. The van der Waals surface area contributed by atoms with Gasteiger partial charge in [0.25, 0.3) is 0 Å². The third-order valence-corrected chi connectivity index (χ3v) is 5.81. The fraction of sp³-hybridized carbons (Fsp3) is 0.667. The van der Waals surface area contributed by atoms with Gasteiger partial charge in [-0.05, 0) is 49.7 Å². The highest BCUT2D eigenvalue weighted by Crippen LogP contribution is 2.22. The van der Waals surface area contributed by atoms with Gasteiger partial charge in [-0.1, -0.05) is 24.3 Å². The molecule has 7 nitrogen and oxygen atoms in total. The molecule has 1 amide bonds. The molecule has 3 rings (SSSR count). The van der Waals surface area contributed by atoms with Gasteiger partial charge >= 0.3 is 0 Å². The number of nitrogens with zero attached hydrogens (tertiary/aromatic N) is 2. The monoisotopic (exact) mass is 558 g/mol. The Labute approximate surface area is 209 Å². The van der Waals surface area contributed by atoms with Crippen molar-refractivity contribution in [3.05, 3.63) is 35.4 Å². The normalized spacial score (nSPS) is 16.4. The van der Waals surface area contributed by atoms with E-state index in [0.29, 0.717) is 18.9 Å². The van der Waals surface area contributed by atoms with Crippen molar-refractivity contribution in [1.82, 2.24) is 15.5 Å². The van der Waals surface area contributed by atoms with E-state index in [4.69, 9.17) is 9.47 Å². The molecule has 1 aromatic rings. The van der Waals surface area contributed by atoms with Crippen LogP contribution in [0.15, 0.2) is 29.3 Å². The van der Waals surface area contributed by atoms with E-state index in [0.717, 1.165) is 84.2 Å². The van der Waals surface area contributed by atoms with E-state index < -0.39 is 0 Å². The number of aliphatic imine (C=N–C) groups is 1. The fourth-order valence-corrected chi connectivity index (χ4v) is 3.97. The highest BCUT2D eigenvalue weighted by molar-refractivity contribution is 14.0. The minimum Gasteiger partial charge on any atom is -0.381 e. The lowest BCUT2D eigenvalue weighted by atomic mass is 10.0. The highest BCUT2D eigenvalue weighted by atomic mass is 127. The molecule has 0 spiro atoms. The molecule has 2 aliphatic rings. The first-order valence-electron chi connectivity index (χ1n) is 11.8. The quantitative estimate of drug-likeness (QED) is 0.189. The maximum Gasteiger partial charge on any atom is 0.223 e. The number of hydrogen-bond donors (Lipinski definition) is 2. The van der Waals surface area contributed by atoms with Gasteiger partial charge in [0.05, 0.1) is 0 Å². The van der Waals surface area contributed by atoms with E-state index in [2.05, 4.69) is 34.7 Å². The van der Waals surface area contributed by atoms with E-state index >= 15 is 0 Å². The van der Waals surface area contributed by atoms with Crippen LogP contribution in [0, 0.1) is 5.92 Å². The van der Waals surface area contributed by atoms with Crippen molar-refractivity contribution >= 4 is 35.8 Å². The molecule has 0 aliphatic carbocycles. The summed E-state index contributed by atoms with van der Waals surface area (Å²) in [6.07, 6.45) is 4.47. The molecule has 0 saturated carbocycles. The van der Waals surface area contributed by atoms with Crippen molar-refractivity contribution in [2.45, 2.75) is 52.1 Å². The van der Waals surface area contributed by atoms with Gasteiger partial charge in [-0.3, -0.25) is 9.79 Å². The van der Waals surface area contributed by atoms with E-state index in [1.807, 2.05) is 17.0 Å². The Hall–Kier alpha value is -1.39. The van der Waals surface area contributed by atoms with Gasteiger partial charge in [0, 0.05) is 65.6 Å². The van der Waals surface area contributed by atoms with Gasteiger partial charge in [0.2, 0.25) is 5.91 Å². The number of fused-ring (bicyclic) bond motifs is 1. The second kappa shape index (κ2) is 15.4. The molecular weight excluding hydrogens is 519 g/mol. The van der Waals surface area contributed by atoms with Crippen molar-refractivity contribution < 1.29 is 14.3 Å². The third-order valence-electron chi connectivity index (χ3n) is 5.81. The second-order valence-corrected chi connectivity index (χ2v) is 8.29. The second-order valence-electron chi connectivity index (χ2n) is 8.29. The number of amides is 1. The minimum atomic E-state index is 0. The molecule has 1 fully saturated rings. The van der Waals surface area contributed by atoms with Gasteiger partial charge < -0.3 is 25.0 Å². The number of halogens is 1. The Balaban J connectivity index is 0.00000363. The summed E-state index contributed by atoms with van der Waals surface area (Å²) in [7, 11) is 0. The number of rotatable bonds is 11. The SMILES string of the molecule is CCNC(=NCCCC(=O)N1Cc2ccccc2C1)NCCCOCC1CCOCC1.I. The van der Waals surface area contributed by atoms with Crippen LogP contribution in [-0.2, 0) is 27.4 Å². The van der Waals surface area contributed by atoms with Crippen LogP contribution in [0.3, 0.4) is 0 Å². The average Bonchev–Trinajstić information content (AvgIpc) is 3.24. The molecule has 2 aliphatic heterocycles. The van der Waals surface area contributed by atoms with E-state index in [-0.39, 0.29) is 29.9 Å². The summed E-state index contributed by atoms with van der Waals surface area (Å²) in [5.41, 5.74) is 2.54. The van der Waals surface area contributed by atoms with Crippen LogP contribution >= 0.6 is 24.0 Å². The van der Waals surface area contributed by atoms with Gasteiger partial charge in [0.15, 0.2) is 5.96 Å². The largest absolute Gasteiger partial charge is 0.381 e. The molecule has 1 saturated heterocycles. The van der Waals surface area contributed by atoms with Crippen LogP contribution in [-0.4, -0.2) is 62.8 Å². The number of nitrogens with one attached hydrogen (secondary N) is 2. The summed E-state index contributed by atoms with van der Waals surface area (Å²) in [5.74, 6) is 1.68. The summed E-state index contributed by atoms with van der Waals surface area (Å²) < 4.78 is 11.2. The number of guanidine groups is 1. The van der Waals surface area contributed by atoms with Crippen molar-refractivity contribution in [1.29, 1.82) is 0 Å². The molecule has 32 heavy (non-hydrogen) atoms. The third kappa shape index (κ3) is 9.23. The number of benzene rings is 1. The van der Waals surface area contributed by atoms with E-state index in [1.54, 1.807) is 0 Å². The zero-order valence-electron chi connectivity index (χ0n) is 19.3. The predicted octanol–water partition coefficient (Wildman–Crippen LogP) is 3.32. The zero-order chi connectivity index (χ0) is 21.7. The Morgan fingerprint density at radius 1 is 1.16 bits per heavy atom. The molecule has 0 aromatic heterocycles. The number of carbonyl (C=O) groups is 1. The molecular formula is C24H39IN4O3. The highest BCUT2D eigenvalue weighted by Gasteiger charge is 2.22. The van der Waals surface area contributed by atoms with Crippen LogP contribution in [0.1, 0.15) is 50.2 Å². The Kier molecular flexibility index (Phi) is 13.0. The molecule has 2 N–H and O–H groups in total. The Morgan fingerprint density at radius 2 is 1.88 bits per heavy atom. The molecule has 0 radical (unpaired) electrons. The lowest BCUT2D eigenvalue weighted by molar-refractivity contribution is -0.131. The van der Waals surface area contributed by atoms with E-state index in [9.17, 15) is 4.79 Å². The molecule has 8 heteroatoms. The summed E-state index contributed by atoms with van der Waals surface area (Å²) in [6.45, 7) is 9.15. The topological polar surface area (TPSA) is 75.2 Å². The molecule has 180 valence electrons. The van der Waals surface area contributed by atoms with Crippen molar-refractivity contribution in [2.24, 2.45) is 10.9 Å². The van der Waals surface area contributed by atoms with Crippen LogP contribution in [0.25, 0.3) is 0 Å². The first-order valence-corrected chi connectivity index (χ1v) is 11.8. The predicted molar refractivity (Wildman–Crippen MR) is 138 cm³/mol. The van der Waals surface area contributed by atoms with Gasteiger partial charge in [-0.15, -0.1) is 24.0 Å². The van der Waals surface area contributed by atoms with Crippen LogP contribution in [0.4, 0.5) is 0 Å². The lowest BCUT2D eigenvalue weighted by Crippen LogP contribution is -2.38. The Bertz CT molecular complexity index is 685. The zero-order valence-corrected chi connectivity index (χ0v) is 21.6. The summed E-state index contributed by atoms with van der Waals surface area (Å²) in [5, 5.41) is 6.63. The van der Waals surface area contributed by atoms with Gasteiger partial charge in [-0.25, -0.2) is 0 Å². The smallest absolute Gasteiger partial charge is 0.223 e. The number of carbonyl (C=O) groups excluding carboxylic acids is 1. The van der Waals surface area contributed by atoms with Crippen molar-refractivity contribution in [3.8, 4) is 0 Å². The molecule has 0 unspecified atom stereocenters. The van der Waals surface area contributed by atoms with Crippen LogP contribution in [0.5, 0.6) is 0 Å². The molecule has 0 bridgehead atoms. The van der Waals surface area contributed by atoms with Crippen molar-refractivity contribution in [2.75, 3.05) is 46.1 Å². The Morgan fingerprint density at radius 3 is 2.56 bits per heavy atom. The minimum absolute atomic E-state index is 0. The fourth-order valence-electron chi connectivity index (χ4n) is 3.97. The average molecular weight is 559 g/mol. The van der Waals surface area contributed by atoms with Gasteiger partial charge in [-0.2, -0.15) is 0 Å². The summed E-state index contributed by atoms with van der Waals surface area (Å²) >= 11 is 0. The van der Waals surface area contributed by atoms with Crippen LogP contribution < -0.4 is 10.6 Å².